The second-order valence-corrected chi connectivity index (χ2v) is 7.82. The van der Waals surface area contributed by atoms with Gasteiger partial charge < -0.3 is 18.9 Å². The Bertz CT molecular complexity index is 827. The first kappa shape index (κ1) is 18.4. The predicted molar refractivity (Wildman–Crippen MR) is 104 cm³/mol. The molecule has 146 valence electrons. The van der Waals surface area contributed by atoms with Gasteiger partial charge >= 0.3 is 0 Å². The fourth-order valence-corrected chi connectivity index (χ4v) is 4.13. The van der Waals surface area contributed by atoms with Crippen molar-refractivity contribution in [2.24, 2.45) is 0 Å². The zero-order chi connectivity index (χ0) is 19.0. The van der Waals surface area contributed by atoms with Gasteiger partial charge in [-0.2, -0.15) is 0 Å². The highest BCUT2D eigenvalue weighted by Crippen LogP contribution is 2.22. The number of imidazole rings is 1. The van der Waals surface area contributed by atoms with Crippen molar-refractivity contribution >= 4 is 11.6 Å². The summed E-state index contributed by atoms with van der Waals surface area (Å²) in [6.07, 6.45) is 3.19. The second-order valence-electron chi connectivity index (χ2n) is 7.82. The van der Waals surface area contributed by atoms with Crippen LogP contribution in [-0.2, 0) is 11.3 Å². The van der Waals surface area contributed by atoms with Crippen LogP contribution in [0.4, 0.5) is 0 Å². The number of carbonyl (C=O) groups excluding carboxylic acids is 1. The van der Waals surface area contributed by atoms with E-state index in [1.54, 1.807) is 0 Å². The molecule has 4 heterocycles. The minimum absolute atomic E-state index is 0.0216. The normalized spacial score (nSPS) is 21.5. The van der Waals surface area contributed by atoms with Crippen molar-refractivity contribution in [2.45, 2.75) is 25.9 Å². The summed E-state index contributed by atoms with van der Waals surface area (Å²) in [5.41, 5.74) is 3.54. The molecule has 2 aromatic rings. The minimum Gasteiger partial charge on any atom is -0.378 e. The molecule has 0 N–H and O–H groups in total. The van der Waals surface area contributed by atoms with Crippen molar-refractivity contribution in [2.75, 3.05) is 53.5 Å². The van der Waals surface area contributed by atoms with Crippen molar-refractivity contribution in [1.29, 1.82) is 0 Å². The van der Waals surface area contributed by atoms with E-state index in [1.165, 1.54) is 0 Å². The number of aryl methyl sites for hydroxylation is 1. The Balaban J connectivity index is 1.68. The monoisotopic (exact) mass is 371 g/mol. The maximum Gasteiger partial charge on any atom is 0.274 e. The number of hydrogen-bond donors (Lipinski definition) is 0. The first-order chi connectivity index (χ1) is 13.0. The van der Waals surface area contributed by atoms with E-state index in [-0.39, 0.29) is 5.91 Å². The molecular weight excluding hydrogens is 342 g/mol. The number of nitrogens with zero attached hydrogens (tertiary/aromatic N) is 5. The Kier molecular flexibility index (Phi) is 5.16. The average molecular weight is 371 g/mol. The van der Waals surface area contributed by atoms with Crippen LogP contribution in [0.15, 0.2) is 18.3 Å². The molecular formula is C20H29N5O2. The molecule has 0 aliphatic carbocycles. The van der Waals surface area contributed by atoms with Crippen LogP contribution in [0.5, 0.6) is 0 Å². The van der Waals surface area contributed by atoms with Gasteiger partial charge in [0, 0.05) is 38.4 Å². The lowest BCUT2D eigenvalue weighted by Gasteiger charge is -2.27. The fourth-order valence-electron chi connectivity index (χ4n) is 4.13. The zero-order valence-electron chi connectivity index (χ0n) is 16.5. The van der Waals surface area contributed by atoms with Crippen LogP contribution in [0.25, 0.3) is 5.65 Å². The van der Waals surface area contributed by atoms with Gasteiger partial charge in [0.1, 0.15) is 5.65 Å². The van der Waals surface area contributed by atoms with E-state index in [4.69, 9.17) is 9.72 Å². The van der Waals surface area contributed by atoms with E-state index in [0.717, 1.165) is 36.4 Å². The Morgan fingerprint density at radius 1 is 1.33 bits per heavy atom. The topological polar surface area (TPSA) is 53.3 Å². The lowest BCUT2D eigenvalue weighted by Crippen LogP contribution is -2.41. The Labute approximate surface area is 160 Å². The standard InChI is InChI=1S/C20H29N5O2/c1-15-5-4-7-25-17(14-23(3)16-6-8-22(2)13-16)18(21-19(15)25)20(26)24-9-11-27-12-10-24/h4-5,7,16H,6,8-14H2,1-3H3/t16-/m0/s1. The van der Waals surface area contributed by atoms with Crippen molar-refractivity contribution in [1.82, 2.24) is 24.1 Å². The first-order valence-electron chi connectivity index (χ1n) is 9.77. The number of likely N-dealkylation sites (tertiary alicyclic amines) is 1. The molecule has 2 saturated heterocycles. The van der Waals surface area contributed by atoms with Crippen LogP contribution in [0, 0.1) is 6.92 Å². The summed E-state index contributed by atoms with van der Waals surface area (Å²) in [5, 5.41) is 0. The van der Waals surface area contributed by atoms with Gasteiger partial charge in [-0.1, -0.05) is 6.07 Å². The molecule has 0 aromatic carbocycles. The number of carbonyl (C=O) groups is 1. The van der Waals surface area contributed by atoms with E-state index >= 15 is 0 Å². The number of fused-ring (bicyclic) bond motifs is 1. The smallest absolute Gasteiger partial charge is 0.274 e. The molecule has 7 nitrogen and oxygen atoms in total. The number of hydrogen-bond acceptors (Lipinski definition) is 5. The van der Waals surface area contributed by atoms with E-state index in [9.17, 15) is 4.79 Å². The third kappa shape index (κ3) is 3.59. The van der Waals surface area contributed by atoms with Crippen LogP contribution in [0.2, 0.25) is 0 Å². The minimum atomic E-state index is 0.0216. The molecule has 0 unspecified atom stereocenters. The molecule has 0 spiro atoms. The lowest BCUT2D eigenvalue weighted by atomic mass is 10.2. The van der Waals surface area contributed by atoms with E-state index in [1.807, 2.05) is 30.2 Å². The summed E-state index contributed by atoms with van der Waals surface area (Å²) in [4.78, 5) is 24.6. The Morgan fingerprint density at radius 3 is 2.81 bits per heavy atom. The summed E-state index contributed by atoms with van der Waals surface area (Å²) >= 11 is 0. The average Bonchev–Trinajstić information content (AvgIpc) is 3.27. The van der Waals surface area contributed by atoms with Gasteiger partial charge in [-0.25, -0.2) is 4.98 Å². The highest BCUT2D eigenvalue weighted by Gasteiger charge is 2.29. The molecule has 0 saturated carbocycles. The number of rotatable bonds is 4. The van der Waals surface area contributed by atoms with Crippen LogP contribution in [0.3, 0.4) is 0 Å². The van der Waals surface area contributed by atoms with Gasteiger partial charge in [-0.3, -0.25) is 9.69 Å². The number of amides is 1. The lowest BCUT2D eigenvalue weighted by molar-refractivity contribution is 0.0298. The summed E-state index contributed by atoms with van der Waals surface area (Å²) < 4.78 is 7.50. The number of aromatic nitrogens is 2. The van der Waals surface area contributed by atoms with Crippen molar-refractivity contribution in [3.63, 3.8) is 0 Å². The van der Waals surface area contributed by atoms with Crippen LogP contribution < -0.4 is 0 Å². The van der Waals surface area contributed by atoms with Gasteiger partial charge in [0.25, 0.3) is 5.91 Å². The number of morpholine rings is 1. The number of pyridine rings is 1. The summed E-state index contributed by atoms with van der Waals surface area (Å²) in [5.74, 6) is 0.0216. The van der Waals surface area contributed by atoms with Gasteiger partial charge in [0.05, 0.1) is 18.9 Å². The highest BCUT2D eigenvalue weighted by molar-refractivity contribution is 5.94. The van der Waals surface area contributed by atoms with Gasteiger partial charge in [0.2, 0.25) is 0 Å². The van der Waals surface area contributed by atoms with Gasteiger partial charge in [-0.05, 0) is 45.6 Å². The third-order valence-corrected chi connectivity index (χ3v) is 5.83. The van der Waals surface area contributed by atoms with Crippen molar-refractivity contribution in [3.05, 3.63) is 35.3 Å². The quantitative estimate of drug-likeness (QED) is 0.810. The number of ether oxygens (including phenoxy) is 1. The molecule has 0 radical (unpaired) electrons. The molecule has 1 atom stereocenters. The predicted octanol–water partition coefficient (Wildman–Crippen LogP) is 1.25. The van der Waals surface area contributed by atoms with Crippen LogP contribution >= 0.6 is 0 Å². The summed E-state index contributed by atoms with van der Waals surface area (Å²) in [6, 6.07) is 4.58. The first-order valence-corrected chi connectivity index (χ1v) is 9.77. The van der Waals surface area contributed by atoms with E-state index < -0.39 is 0 Å². The fraction of sp³-hybridized carbons (Fsp3) is 0.600. The third-order valence-electron chi connectivity index (χ3n) is 5.83. The Hall–Kier alpha value is -1.96. The molecule has 1 amide bonds. The molecule has 2 fully saturated rings. The molecule has 7 heteroatoms. The zero-order valence-corrected chi connectivity index (χ0v) is 16.5. The van der Waals surface area contributed by atoms with E-state index in [0.29, 0.717) is 44.6 Å². The summed E-state index contributed by atoms with van der Waals surface area (Å²) in [7, 11) is 4.32. The molecule has 0 bridgehead atoms. The number of likely N-dealkylation sites (N-methyl/N-ethyl adjacent to an activating group) is 2. The highest BCUT2D eigenvalue weighted by atomic mass is 16.5. The molecule has 27 heavy (non-hydrogen) atoms. The largest absolute Gasteiger partial charge is 0.378 e. The molecule has 2 aliphatic rings. The van der Waals surface area contributed by atoms with Gasteiger partial charge in [0.15, 0.2) is 5.69 Å². The van der Waals surface area contributed by atoms with Crippen LogP contribution in [-0.4, -0.2) is 89.5 Å². The van der Waals surface area contributed by atoms with Crippen LogP contribution in [0.1, 0.15) is 28.2 Å². The molecule has 4 rings (SSSR count). The second kappa shape index (κ2) is 7.58. The molecule has 2 aliphatic heterocycles. The Morgan fingerprint density at radius 2 is 2.11 bits per heavy atom. The van der Waals surface area contributed by atoms with E-state index in [2.05, 4.69) is 28.3 Å². The van der Waals surface area contributed by atoms with Crippen molar-refractivity contribution in [3.8, 4) is 0 Å². The maximum atomic E-state index is 13.2. The van der Waals surface area contributed by atoms with Gasteiger partial charge in [-0.15, -0.1) is 0 Å². The molecule has 2 aromatic heterocycles. The summed E-state index contributed by atoms with van der Waals surface area (Å²) in [6.45, 7) is 7.42. The van der Waals surface area contributed by atoms with Crippen molar-refractivity contribution < 1.29 is 9.53 Å². The maximum absolute atomic E-state index is 13.2. The SMILES string of the molecule is Cc1cccn2c(CN(C)[C@H]3CCN(C)C3)c(C(=O)N3CCOCC3)nc12.